The van der Waals surface area contributed by atoms with E-state index in [2.05, 4.69) is 4.37 Å². The Morgan fingerprint density at radius 3 is 2.38 bits per heavy atom. The minimum atomic E-state index is -0.655. The van der Waals surface area contributed by atoms with Gasteiger partial charge in [0.25, 0.3) is 0 Å². The quantitative estimate of drug-likeness (QED) is 0.779. The maximum atomic E-state index is 10.3. The van der Waals surface area contributed by atoms with Crippen LogP contribution < -0.4 is 4.74 Å². The molecule has 3 nitrogen and oxygen atoms in total. The summed E-state index contributed by atoms with van der Waals surface area (Å²) in [5.41, 5.74) is 1.95. The number of aliphatic hydroxyl groups is 1. The van der Waals surface area contributed by atoms with Crippen LogP contribution in [0.5, 0.6) is 5.88 Å². The molecule has 4 heteroatoms. The SMILES string of the molecule is O[C@@H](c1ccccc1)c1cc(OCc2ccccc2)ns1. The van der Waals surface area contributed by atoms with E-state index < -0.39 is 6.10 Å². The Kier molecular flexibility index (Phi) is 4.28. The summed E-state index contributed by atoms with van der Waals surface area (Å²) in [7, 11) is 0. The summed E-state index contributed by atoms with van der Waals surface area (Å²) in [5, 5.41) is 10.3. The number of ether oxygens (including phenoxy) is 1. The summed E-state index contributed by atoms with van der Waals surface area (Å²) in [5.74, 6) is 0.550. The van der Waals surface area contributed by atoms with Gasteiger partial charge in [0.05, 0.1) is 4.88 Å². The van der Waals surface area contributed by atoms with Crippen LogP contribution in [0.15, 0.2) is 66.7 Å². The first-order valence-electron chi connectivity index (χ1n) is 6.69. The standard InChI is InChI=1S/C17H15NO2S/c19-17(14-9-5-2-6-10-14)15-11-16(18-21-15)20-12-13-7-3-1-4-8-13/h1-11,17,19H,12H2/t17-/m0/s1. The minimum Gasteiger partial charge on any atom is -0.472 e. The van der Waals surface area contributed by atoms with Crippen molar-refractivity contribution in [1.82, 2.24) is 4.37 Å². The van der Waals surface area contributed by atoms with Gasteiger partial charge in [-0.2, -0.15) is 4.37 Å². The summed E-state index contributed by atoms with van der Waals surface area (Å²) >= 11 is 1.26. The second kappa shape index (κ2) is 6.52. The molecule has 0 bridgehead atoms. The lowest BCUT2D eigenvalue weighted by atomic mass is 10.1. The lowest BCUT2D eigenvalue weighted by Gasteiger charge is -2.07. The first-order valence-corrected chi connectivity index (χ1v) is 7.46. The molecule has 1 aromatic heterocycles. The van der Waals surface area contributed by atoms with E-state index in [9.17, 15) is 5.11 Å². The fourth-order valence-electron chi connectivity index (χ4n) is 2.00. The molecule has 0 unspecified atom stereocenters. The third-order valence-electron chi connectivity index (χ3n) is 3.12. The first-order chi connectivity index (χ1) is 10.3. The molecule has 0 fully saturated rings. The third-order valence-corrected chi connectivity index (χ3v) is 3.94. The summed E-state index contributed by atoms with van der Waals surface area (Å²) < 4.78 is 9.88. The van der Waals surface area contributed by atoms with Crippen molar-refractivity contribution in [2.45, 2.75) is 12.7 Å². The minimum absolute atomic E-state index is 0.478. The topological polar surface area (TPSA) is 42.4 Å². The zero-order valence-electron chi connectivity index (χ0n) is 11.3. The summed E-state index contributed by atoms with van der Waals surface area (Å²) in [6.07, 6.45) is -0.655. The molecule has 1 atom stereocenters. The van der Waals surface area contributed by atoms with Gasteiger partial charge in [-0.1, -0.05) is 60.7 Å². The largest absolute Gasteiger partial charge is 0.472 e. The second-order valence-electron chi connectivity index (χ2n) is 4.66. The molecule has 2 aromatic carbocycles. The van der Waals surface area contributed by atoms with Crippen LogP contribution in [0.3, 0.4) is 0 Å². The van der Waals surface area contributed by atoms with E-state index in [0.29, 0.717) is 12.5 Å². The van der Waals surface area contributed by atoms with E-state index in [-0.39, 0.29) is 0 Å². The van der Waals surface area contributed by atoms with Crippen LogP contribution in [0, 0.1) is 0 Å². The van der Waals surface area contributed by atoms with E-state index in [0.717, 1.165) is 16.0 Å². The van der Waals surface area contributed by atoms with Crippen LogP contribution in [0.25, 0.3) is 0 Å². The molecule has 106 valence electrons. The zero-order chi connectivity index (χ0) is 14.5. The van der Waals surface area contributed by atoms with E-state index in [1.165, 1.54) is 11.5 Å². The van der Waals surface area contributed by atoms with Gasteiger partial charge >= 0.3 is 0 Å². The molecular formula is C17H15NO2S. The molecule has 1 N–H and O–H groups in total. The highest BCUT2D eigenvalue weighted by atomic mass is 32.1. The van der Waals surface area contributed by atoms with Gasteiger partial charge in [-0.3, -0.25) is 0 Å². The summed E-state index contributed by atoms with van der Waals surface area (Å²) in [4.78, 5) is 0.782. The van der Waals surface area contributed by atoms with Crippen molar-refractivity contribution in [3.05, 3.63) is 82.7 Å². The maximum Gasteiger partial charge on any atom is 0.225 e. The molecule has 21 heavy (non-hydrogen) atoms. The van der Waals surface area contributed by atoms with Gasteiger partial charge in [-0.25, -0.2) is 0 Å². The number of hydrogen-bond donors (Lipinski definition) is 1. The van der Waals surface area contributed by atoms with Crippen LogP contribution in [-0.4, -0.2) is 9.48 Å². The molecule has 0 saturated heterocycles. The van der Waals surface area contributed by atoms with E-state index in [4.69, 9.17) is 4.74 Å². The average molecular weight is 297 g/mol. The Morgan fingerprint density at radius 1 is 1.00 bits per heavy atom. The number of benzene rings is 2. The number of aromatic nitrogens is 1. The molecular weight excluding hydrogens is 282 g/mol. The van der Waals surface area contributed by atoms with Crippen molar-refractivity contribution in [2.24, 2.45) is 0 Å². The first kappa shape index (κ1) is 13.8. The van der Waals surface area contributed by atoms with Crippen LogP contribution in [-0.2, 0) is 6.61 Å². The van der Waals surface area contributed by atoms with E-state index >= 15 is 0 Å². The van der Waals surface area contributed by atoms with Gasteiger partial charge in [0.2, 0.25) is 5.88 Å². The monoisotopic (exact) mass is 297 g/mol. The van der Waals surface area contributed by atoms with Crippen LogP contribution in [0.4, 0.5) is 0 Å². The van der Waals surface area contributed by atoms with Crippen molar-refractivity contribution in [2.75, 3.05) is 0 Å². The number of rotatable bonds is 5. The lowest BCUT2D eigenvalue weighted by Crippen LogP contribution is -1.97. The Balaban J connectivity index is 1.66. The van der Waals surface area contributed by atoms with Gasteiger partial charge in [-0.05, 0) is 22.7 Å². The maximum absolute atomic E-state index is 10.3. The smallest absolute Gasteiger partial charge is 0.225 e. The van der Waals surface area contributed by atoms with Crippen LogP contribution in [0.1, 0.15) is 22.1 Å². The van der Waals surface area contributed by atoms with Crippen LogP contribution in [0.2, 0.25) is 0 Å². The molecule has 3 aromatic rings. The fraction of sp³-hybridized carbons (Fsp3) is 0.118. The highest BCUT2D eigenvalue weighted by Crippen LogP contribution is 2.28. The molecule has 0 saturated carbocycles. The summed E-state index contributed by atoms with van der Waals surface area (Å²) in [6, 6.07) is 21.3. The number of aliphatic hydroxyl groups excluding tert-OH is 1. The normalized spacial score (nSPS) is 12.0. The number of hydrogen-bond acceptors (Lipinski definition) is 4. The molecule has 0 spiro atoms. The molecule has 0 aliphatic carbocycles. The van der Waals surface area contributed by atoms with Gasteiger partial charge in [0.15, 0.2) is 0 Å². The van der Waals surface area contributed by atoms with E-state index in [1.54, 1.807) is 6.07 Å². The van der Waals surface area contributed by atoms with Crippen molar-refractivity contribution in [3.8, 4) is 5.88 Å². The van der Waals surface area contributed by atoms with Gasteiger partial charge in [0, 0.05) is 6.07 Å². The van der Waals surface area contributed by atoms with Crippen molar-refractivity contribution >= 4 is 11.5 Å². The highest BCUT2D eigenvalue weighted by molar-refractivity contribution is 7.06. The average Bonchev–Trinajstić information content (AvgIpc) is 3.03. The van der Waals surface area contributed by atoms with E-state index in [1.807, 2.05) is 60.7 Å². The molecule has 0 aliphatic rings. The number of nitrogens with zero attached hydrogens (tertiary/aromatic N) is 1. The summed E-state index contributed by atoms with van der Waals surface area (Å²) in [6.45, 7) is 0.478. The van der Waals surface area contributed by atoms with Gasteiger partial charge < -0.3 is 9.84 Å². The van der Waals surface area contributed by atoms with Crippen molar-refractivity contribution in [3.63, 3.8) is 0 Å². The van der Waals surface area contributed by atoms with Crippen molar-refractivity contribution < 1.29 is 9.84 Å². The molecule has 0 aliphatic heterocycles. The van der Waals surface area contributed by atoms with Gasteiger partial charge in [0.1, 0.15) is 12.7 Å². The molecule has 0 radical (unpaired) electrons. The van der Waals surface area contributed by atoms with Gasteiger partial charge in [-0.15, -0.1) is 0 Å². The fourth-order valence-corrected chi connectivity index (χ4v) is 2.69. The zero-order valence-corrected chi connectivity index (χ0v) is 12.2. The van der Waals surface area contributed by atoms with Crippen molar-refractivity contribution in [1.29, 1.82) is 0 Å². The Morgan fingerprint density at radius 2 is 1.67 bits per heavy atom. The molecule has 3 rings (SSSR count). The Labute approximate surface area is 127 Å². The molecule has 0 amide bonds. The van der Waals surface area contributed by atoms with Crippen LogP contribution >= 0.6 is 11.5 Å². The second-order valence-corrected chi connectivity index (χ2v) is 5.49. The Hall–Kier alpha value is -2.17. The lowest BCUT2D eigenvalue weighted by molar-refractivity contribution is 0.223. The Bertz CT molecular complexity index is 682. The predicted molar refractivity (Wildman–Crippen MR) is 83.4 cm³/mol. The third kappa shape index (κ3) is 3.48. The molecule has 1 heterocycles. The highest BCUT2D eigenvalue weighted by Gasteiger charge is 2.14. The predicted octanol–water partition coefficient (Wildman–Crippen LogP) is 3.80.